The van der Waals surface area contributed by atoms with Crippen molar-refractivity contribution in [1.82, 2.24) is 5.32 Å². The first-order valence-electron chi connectivity index (χ1n) is 8.69. The molecule has 136 valence electrons. The van der Waals surface area contributed by atoms with Gasteiger partial charge in [0.15, 0.2) is 0 Å². The van der Waals surface area contributed by atoms with Crippen molar-refractivity contribution >= 4 is 6.09 Å². The summed E-state index contributed by atoms with van der Waals surface area (Å²) in [6.07, 6.45) is 0.453. The van der Waals surface area contributed by atoms with Gasteiger partial charge < -0.3 is 25.0 Å². The summed E-state index contributed by atoms with van der Waals surface area (Å²) in [5.41, 5.74) is 2.09. The first-order valence-corrected chi connectivity index (χ1v) is 8.69. The molecule has 1 saturated heterocycles. The van der Waals surface area contributed by atoms with Crippen molar-refractivity contribution in [1.29, 1.82) is 0 Å². The van der Waals surface area contributed by atoms with Crippen molar-refractivity contribution in [3.63, 3.8) is 0 Å². The van der Waals surface area contributed by atoms with Crippen molar-refractivity contribution in [2.24, 2.45) is 0 Å². The average molecular weight is 355 g/mol. The monoisotopic (exact) mass is 355 g/mol. The molecule has 0 unspecified atom stereocenters. The van der Waals surface area contributed by atoms with Gasteiger partial charge in [-0.15, -0.1) is 0 Å². The highest BCUT2D eigenvalue weighted by molar-refractivity contribution is 5.65. The molecule has 1 amide bonds. The SMILES string of the molecule is O=C(O)NC1CC(Oc2ccc(C3(c4ccc(O)cc4)COC3)cc2)C1. The topological polar surface area (TPSA) is 88.0 Å². The van der Waals surface area contributed by atoms with Crippen LogP contribution in [0.1, 0.15) is 24.0 Å². The zero-order valence-electron chi connectivity index (χ0n) is 14.2. The van der Waals surface area contributed by atoms with Crippen LogP contribution in [-0.4, -0.2) is 41.7 Å². The summed E-state index contributed by atoms with van der Waals surface area (Å²) in [7, 11) is 0. The normalized spacial score (nSPS) is 23.4. The summed E-state index contributed by atoms with van der Waals surface area (Å²) in [5.74, 6) is 1.04. The Hall–Kier alpha value is -2.73. The number of carboxylic acid groups (broad SMARTS) is 1. The number of rotatable bonds is 5. The fourth-order valence-corrected chi connectivity index (χ4v) is 3.59. The third-order valence-corrected chi connectivity index (χ3v) is 5.25. The molecule has 1 heterocycles. The van der Waals surface area contributed by atoms with E-state index in [4.69, 9.17) is 14.6 Å². The van der Waals surface area contributed by atoms with E-state index in [1.165, 1.54) is 0 Å². The van der Waals surface area contributed by atoms with Gasteiger partial charge >= 0.3 is 6.09 Å². The highest BCUT2D eigenvalue weighted by Crippen LogP contribution is 2.40. The average Bonchev–Trinajstić information content (AvgIpc) is 2.54. The van der Waals surface area contributed by atoms with Crippen LogP contribution < -0.4 is 10.1 Å². The standard InChI is InChI=1S/C20H21NO5/c22-16-5-1-13(2-6-16)20(11-25-12-20)14-3-7-17(8-4-14)26-18-9-15(10-18)21-19(23)24/h1-8,15,18,21-22H,9-12H2,(H,23,24). The first kappa shape index (κ1) is 16.7. The van der Waals surface area contributed by atoms with Crippen molar-refractivity contribution < 1.29 is 24.5 Å². The Balaban J connectivity index is 1.42. The zero-order valence-corrected chi connectivity index (χ0v) is 14.2. The summed E-state index contributed by atoms with van der Waals surface area (Å²) < 4.78 is 11.4. The fourth-order valence-electron chi connectivity index (χ4n) is 3.59. The Morgan fingerprint density at radius 1 is 1.04 bits per heavy atom. The third-order valence-electron chi connectivity index (χ3n) is 5.25. The zero-order chi connectivity index (χ0) is 18.1. The maximum absolute atomic E-state index is 10.6. The molecule has 4 rings (SSSR count). The van der Waals surface area contributed by atoms with Gasteiger partial charge in [0.1, 0.15) is 17.6 Å². The van der Waals surface area contributed by atoms with Gasteiger partial charge in [-0.1, -0.05) is 24.3 Å². The quantitative estimate of drug-likeness (QED) is 0.768. The van der Waals surface area contributed by atoms with Gasteiger partial charge in [0.05, 0.1) is 18.6 Å². The second-order valence-electron chi connectivity index (χ2n) is 7.00. The maximum Gasteiger partial charge on any atom is 0.404 e. The molecule has 1 saturated carbocycles. The number of hydrogen-bond donors (Lipinski definition) is 3. The molecule has 0 bridgehead atoms. The number of nitrogens with one attached hydrogen (secondary N) is 1. The molecule has 26 heavy (non-hydrogen) atoms. The van der Waals surface area contributed by atoms with E-state index < -0.39 is 6.09 Å². The van der Waals surface area contributed by atoms with E-state index in [-0.39, 0.29) is 23.3 Å². The molecule has 0 aromatic heterocycles. The van der Waals surface area contributed by atoms with E-state index in [1.807, 2.05) is 24.3 Å². The second kappa shape index (κ2) is 6.53. The summed E-state index contributed by atoms with van der Waals surface area (Å²) >= 11 is 0. The molecule has 0 radical (unpaired) electrons. The summed E-state index contributed by atoms with van der Waals surface area (Å²) in [6, 6.07) is 15.3. The molecule has 0 spiro atoms. The van der Waals surface area contributed by atoms with E-state index in [9.17, 15) is 9.90 Å². The van der Waals surface area contributed by atoms with Gasteiger partial charge in [-0.2, -0.15) is 0 Å². The fraction of sp³-hybridized carbons (Fsp3) is 0.350. The molecule has 0 atom stereocenters. The minimum atomic E-state index is -0.986. The summed E-state index contributed by atoms with van der Waals surface area (Å²) in [4.78, 5) is 10.6. The number of amides is 1. The van der Waals surface area contributed by atoms with Gasteiger partial charge in [-0.3, -0.25) is 0 Å². The van der Waals surface area contributed by atoms with Crippen LogP contribution >= 0.6 is 0 Å². The van der Waals surface area contributed by atoms with Crippen LogP contribution in [0.2, 0.25) is 0 Å². The molecule has 1 aliphatic heterocycles. The molecule has 2 aromatic carbocycles. The van der Waals surface area contributed by atoms with Crippen LogP contribution in [0.4, 0.5) is 4.79 Å². The van der Waals surface area contributed by atoms with E-state index >= 15 is 0 Å². The molecule has 6 heteroatoms. The Morgan fingerprint density at radius 2 is 1.62 bits per heavy atom. The highest BCUT2D eigenvalue weighted by Gasteiger charge is 2.42. The van der Waals surface area contributed by atoms with Crippen molar-refractivity contribution in [3.05, 3.63) is 59.7 Å². The van der Waals surface area contributed by atoms with E-state index in [1.54, 1.807) is 12.1 Å². The molecule has 2 aliphatic rings. The van der Waals surface area contributed by atoms with Gasteiger partial charge in [-0.05, 0) is 35.4 Å². The van der Waals surface area contributed by atoms with E-state index in [0.29, 0.717) is 26.1 Å². The van der Waals surface area contributed by atoms with Crippen LogP contribution in [-0.2, 0) is 10.2 Å². The molecule has 3 N–H and O–H groups in total. The predicted molar refractivity (Wildman–Crippen MR) is 94.7 cm³/mol. The van der Waals surface area contributed by atoms with Crippen LogP contribution in [0.25, 0.3) is 0 Å². The molecule has 1 aliphatic carbocycles. The van der Waals surface area contributed by atoms with Crippen LogP contribution in [0.15, 0.2) is 48.5 Å². The molecule has 2 fully saturated rings. The van der Waals surface area contributed by atoms with E-state index in [0.717, 1.165) is 16.9 Å². The lowest BCUT2D eigenvalue weighted by Crippen LogP contribution is -2.48. The molecular weight excluding hydrogens is 334 g/mol. The second-order valence-corrected chi connectivity index (χ2v) is 7.00. The largest absolute Gasteiger partial charge is 0.508 e. The third kappa shape index (κ3) is 3.08. The van der Waals surface area contributed by atoms with Crippen LogP contribution in [0.5, 0.6) is 11.5 Å². The lowest BCUT2D eigenvalue weighted by Gasteiger charge is -2.42. The van der Waals surface area contributed by atoms with Crippen molar-refractivity contribution in [3.8, 4) is 11.5 Å². The molecule has 2 aromatic rings. The minimum absolute atomic E-state index is 0.0123. The van der Waals surface area contributed by atoms with Gasteiger partial charge in [0.2, 0.25) is 0 Å². The first-order chi connectivity index (χ1) is 12.5. The van der Waals surface area contributed by atoms with Gasteiger partial charge in [0, 0.05) is 18.9 Å². The smallest absolute Gasteiger partial charge is 0.404 e. The summed E-state index contributed by atoms with van der Waals surface area (Å²) in [6.45, 7) is 1.23. The maximum atomic E-state index is 10.6. The molecular formula is C20H21NO5. The lowest BCUT2D eigenvalue weighted by atomic mass is 9.73. The van der Waals surface area contributed by atoms with Gasteiger partial charge in [-0.25, -0.2) is 4.79 Å². The van der Waals surface area contributed by atoms with Crippen LogP contribution in [0.3, 0.4) is 0 Å². The van der Waals surface area contributed by atoms with Gasteiger partial charge in [0.25, 0.3) is 0 Å². The molecule has 6 nitrogen and oxygen atoms in total. The number of ether oxygens (including phenoxy) is 2. The number of aromatic hydroxyl groups is 1. The Morgan fingerprint density at radius 3 is 2.12 bits per heavy atom. The number of phenols is 1. The van der Waals surface area contributed by atoms with Crippen molar-refractivity contribution in [2.45, 2.75) is 30.4 Å². The number of benzene rings is 2. The number of phenolic OH excluding ortho intramolecular Hbond substituents is 1. The highest BCUT2D eigenvalue weighted by atomic mass is 16.5. The van der Waals surface area contributed by atoms with E-state index in [2.05, 4.69) is 17.4 Å². The predicted octanol–water partition coefficient (Wildman–Crippen LogP) is 2.89. The summed E-state index contributed by atoms with van der Waals surface area (Å²) in [5, 5.41) is 20.7. The van der Waals surface area contributed by atoms with Crippen molar-refractivity contribution in [2.75, 3.05) is 13.2 Å². The Labute approximate surface area is 151 Å². The Bertz CT molecular complexity index is 777. The van der Waals surface area contributed by atoms with Crippen LogP contribution in [0, 0.1) is 0 Å². The lowest BCUT2D eigenvalue weighted by molar-refractivity contribution is -0.0380. The minimum Gasteiger partial charge on any atom is -0.508 e. The Kier molecular flexibility index (Phi) is 4.20. The number of carbonyl (C=O) groups is 1. The number of hydrogen-bond acceptors (Lipinski definition) is 4.